The van der Waals surface area contributed by atoms with E-state index in [1.807, 2.05) is 30.3 Å². The molecule has 0 fully saturated rings. The van der Waals surface area contributed by atoms with Gasteiger partial charge in [-0.15, -0.1) is 11.8 Å². The van der Waals surface area contributed by atoms with Crippen LogP contribution < -0.4 is 5.32 Å². The van der Waals surface area contributed by atoms with Gasteiger partial charge in [-0.05, 0) is 18.6 Å². The van der Waals surface area contributed by atoms with Crippen LogP contribution in [-0.4, -0.2) is 36.9 Å². The van der Waals surface area contributed by atoms with Crippen LogP contribution >= 0.6 is 11.8 Å². The summed E-state index contributed by atoms with van der Waals surface area (Å²) in [6.45, 7) is 1.31. The van der Waals surface area contributed by atoms with E-state index in [-0.39, 0.29) is 5.91 Å². The van der Waals surface area contributed by atoms with Crippen molar-refractivity contribution in [1.82, 2.24) is 10.3 Å². The van der Waals surface area contributed by atoms with E-state index in [1.54, 1.807) is 13.4 Å². The van der Waals surface area contributed by atoms with E-state index in [0.717, 1.165) is 17.7 Å². The van der Waals surface area contributed by atoms with Gasteiger partial charge in [-0.1, -0.05) is 18.2 Å². The highest BCUT2D eigenvalue weighted by Gasteiger charge is 2.07. The number of nitrogens with zero attached hydrogens (tertiary/aromatic N) is 1. The van der Waals surface area contributed by atoms with E-state index in [0.29, 0.717) is 30.5 Å². The van der Waals surface area contributed by atoms with Crippen molar-refractivity contribution in [3.05, 3.63) is 42.3 Å². The van der Waals surface area contributed by atoms with Gasteiger partial charge in [0.05, 0.1) is 11.4 Å². The molecule has 6 heteroatoms. The molecule has 1 aromatic carbocycles. The van der Waals surface area contributed by atoms with Crippen molar-refractivity contribution in [3.8, 4) is 11.5 Å². The van der Waals surface area contributed by atoms with E-state index in [2.05, 4.69) is 10.3 Å². The summed E-state index contributed by atoms with van der Waals surface area (Å²) >= 11 is 1.52. The molecule has 1 heterocycles. The number of oxazole rings is 1. The number of ether oxygens (including phenoxy) is 1. The fraction of sp³-hybridized carbons (Fsp3) is 0.375. The van der Waals surface area contributed by atoms with Crippen LogP contribution in [0.4, 0.5) is 0 Å². The van der Waals surface area contributed by atoms with Crippen LogP contribution in [0.5, 0.6) is 0 Å². The lowest BCUT2D eigenvalue weighted by Crippen LogP contribution is -2.26. The zero-order chi connectivity index (χ0) is 15.6. The number of aromatic nitrogens is 1. The molecule has 0 bridgehead atoms. The molecule has 0 saturated carbocycles. The molecule has 1 aromatic heterocycles. The van der Waals surface area contributed by atoms with Gasteiger partial charge in [0.15, 0.2) is 0 Å². The number of rotatable bonds is 9. The first-order chi connectivity index (χ1) is 10.8. The molecule has 1 amide bonds. The van der Waals surface area contributed by atoms with Gasteiger partial charge in [-0.3, -0.25) is 4.79 Å². The summed E-state index contributed by atoms with van der Waals surface area (Å²) in [5.74, 6) is 1.72. The number of benzene rings is 1. The van der Waals surface area contributed by atoms with Gasteiger partial charge in [0, 0.05) is 31.6 Å². The lowest BCUT2D eigenvalue weighted by atomic mass is 10.2. The Morgan fingerprint density at radius 1 is 1.36 bits per heavy atom. The van der Waals surface area contributed by atoms with Crippen molar-refractivity contribution in [2.75, 3.05) is 26.0 Å². The maximum atomic E-state index is 11.6. The average molecular weight is 320 g/mol. The zero-order valence-corrected chi connectivity index (χ0v) is 13.4. The maximum Gasteiger partial charge on any atom is 0.230 e. The smallest absolute Gasteiger partial charge is 0.230 e. The Morgan fingerprint density at radius 3 is 2.95 bits per heavy atom. The average Bonchev–Trinajstić information content (AvgIpc) is 3.01. The molecule has 5 nitrogen and oxygen atoms in total. The molecular weight excluding hydrogens is 300 g/mol. The molecular formula is C16H20N2O3S. The van der Waals surface area contributed by atoms with Gasteiger partial charge in [0.2, 0.25) is 11.8 Å². The minimum Gasteiger partial charge on any atom is -0.444 e. The van der Waals surface area contributed by atoms with Gasteiger partial charge in [-0.2, -0.15) is 0 Å². The fourth-order valence-electron chi connectivity index (χ4n) is 1.83. The Kier molecular flexibility index (Phi) is 6.99. The van der Waals surface area contributed by atoms with Crippen LogP contribution in [0, 0.1) is 0 Å². The second kappa shape index (κ2) is 9.27. The lowest BCUT2D eigenvalue weighted by molar-refractivity contribution is -0.118. The normalized spacial score (nSPS) is 10.6. The highest BCUT2D eigenvalue weighted by atomic mass is 32.2. The molecule has 2 rings (SSSR count). The summed E-state index contributed by atoms with van der Waals surface area (Å²) in [4.78, 5) is 16.0. The summed E-state index contributed by atoms with van der Waals surface area (Å²) in [7, 11) is 1.65. The number of methoxy groups -OCH3 is 1. The molecule has 2 aromatic rings. The molecule has 0 aliphatic carbocycles. The number of hydrogen-bond donors (Lipinski definition) is 1. The summed E-state index contributed by atoms with van der Waals surface area (Å²) in [6, 6.07) is 9.75. The third kappa shape index (κ3) is 5.54. The molecule has 0 saturated heterocycles. The van der Waals surface area contributed by atoms with Gasteiger partial charge in [-0.25, -0.2) is 4.98 Å². The third-order valence-corrected chi connectivity index (χ3v) is 3.87. The molecule has 0 aliphatic heterocycles. The Morgan fingerprint density at radius 2 is 2.18 bits per heavy atom. The fourth-order valence-corrected chi connectivity index (χ4v) is 2.56. The van der Waals surface area contributed by atoms with Crippen LogP contribution in [0.1, 0.15) is 12.1 Å². The largest absolute Gasteiger partial charge is 0.444 e. The molecule has 0 radical (unpaired) electrons. The van der Waals surface area contributed by atoms with Crippen LogP contribution in [0.3, 0.4) is 0 Å². The molecule has 118 valence electrons. The number of amides is 1. The van der Waals surface area contributed by atoms with Crippen molar-refractivity contribution >= 4 is 17.7 Å². The predicted octanol–water partition coefficient (Wildman–Crippen LogP) is 2.73. The van der Waals surface area contributed by atoms with Crippen molar-refractivity contribution in [2.24, 2.45) is 0 Å². The first kappa shape index (κ1) is 16.6. The van der Waals surface area contributed by atoms with Crippen molar-refractivity contribution < 1.29 is 13.9 Å². The summed E-state index contributed by atoms with van der Waals surface area (Å²) in [6.07, 6.45) is 2.47. The lowest BCUT2D eigenvalue weighted by Gasteiger charge is -2.03. The van der Waals surface area contributed by atoms with Crippen LogP contribution in [-0.2, 0) is 15.3 Å². The van der Waals surface area contributed by atoms with Crippen molar-refractivity contribution in [3.63, 3.8) is 0 Å². The molecule has 0 spiro atoms. The molecule has 0 aliphatic rings. The Bertz CT molecular complexity index is 572. The third-order valence-electron chi connectivity index (χ3n) is 2.90. The van der Waals surface area contributed by atoms with E-state index in [4.69, 9.17) is 9.15 Å². The first-order valence-corrected chi connectivity index (χ1v) is 8.28. The second-order valence-corrected chi connectivity index (χ2v) is 5.68. The molecule has 1 N–H and O–H groups in total. The Labute approximate surface area is 134 Å². The molecule has 0 unspecified atom stereocenters. The standard InChI is InChI=1S/C16H20N2O3S/c1-20-9-5-8-17-15(19)12-22-11-14-10-21-16(18-14)13-6-3-2-4-7-13/h2-4,6-7,10H,5,8-9,11-12H2,1H3,(H,17,19). The highest BCUT2D eigenvalue weighted by molar-refractivity contribution is 7.99. The minimum absolute atomic E-state index is 0.0351. The van der Waals surface area contributed by atoms with Crippen LogP contribution in [0.25, 0.3) is 11.5 Å². The number of hydrogen-bond acceptors (Lipinski definition) is 5. The zero-order valence-electron chi connectivity index (χ0n) is 12.6. The number of thioether (sulfide) groups is 1. The van der Waals surface area contributed by atoms with E-state index < -0.39 is 0 Å². The van der Waals surface area contributed by atoms with Crippen molar-refractivity contribution in [2.45, 2.75) is 12.2 Å². The Balaban J connectivity index is 1.69. The minimum atomic E-state index is 0.0351. The monoisotopic (exact) mass is 320 g/mol. The topological polar surface area (TPSA) is 64.4 Å². The van der Waals surface area contributed by atoms with E-state index in [1.165, 1.54) is 11.8 Å². The summed E-state index contributed by atoms with van der Waals surface area (Å²) in [5.41, 5.74) is 1.80. The summed E-state index contributed by atoms with van der Waals surface area (Å²) in [5, 5.41) is 2.85. The Hall–Kier alpha value is -1.79. The van der Waals surface area contributed by atoms with Gasteiger partial charge < -0.3 is 14.5 Å². The van der Waals surface area contributed by atoms with Crippen LogP contribution in [0.15, 0.2) is 41.0 Å². The van der Waals surface area contributed by atoms with Gasteiger partial charge in [0.25, 0.3) is 0 Å². The molecule has 22 heavy (non-hydrogen) atoms. The first-order valence-electron chi connectivity index (χ1n) is 7.13. The highest BCUT2D eigenvalue weighted by Crippen LogP contribution is 2.20. The molecule has 0 atom stereocenters. The van der Waals surface area contributed by atoms with Crippen LogP contribution in [0.2, 0.25) is 0 Å². The second-order valence-electron chi connectivity index (χ2n) is 4.70. The SMILES string of the molecule is COCCCNC(=O)CSCc1coc(-c2ccccc2)n1. The maximum absolute atomic E-state index is 11.6. The van der Waals surface area contributed by atoms with Crippen molar-refractivity contribution in [1.29, 1.82) is 0 Å². The number of carbonyl (C=O) groups is 1. The summed E-state index contributed by atoms with van der Waals surface area (Å²) < 4.78 is 10.4. The van der Waals surface area contributed by atoms with E-state index in [9.17, 15) is 4.79 Å². The predicted molar refractivity (Wildman–Crippen MR) is 87.6 cm³/mol. The van der Waals surface area contributed by atoms with Gasteiger partial charge >= 0.3 is 0 Å². The van der Waals surface area contributed by atoms with Gasteiger partial charge in [0.1, 0.15) is 6.26 Å². The number of nitrogens with one attached hydrogen (secondary N) is 1. The van der Waals surface area contributed by atoms with E-state index >= 15 is 0 Å². The number of carbonyl (C=O) groups excluding carboxylic acids is 1. The quantitative estimate of drug-likeness (QED) is 0.720.